The van der Waals surface area contributed by atoms with Crippen LogP contribution in [0.4, 0.5) is 0 Å². The van der Waals surface area contributed by atoms with Crippen molar-refractivity contribution < 1.29 is 0 Å². The minimum Gasteiger partial charge on any atom is -0.311 e. The number of thioether (sulfide) groups is 1. The van der Waals surface area contributed by atoms with Crippen molar-refractivity contribution in [2.75, 3.05) is 12.3 Å². The standard InChI is InChI=1S/C12H20BrNS2/c1-9(2)10(3)15-5-4-14-7-12-6-11(13)8-16-12/h6,8-10,14H,4-5,7H2,1-3H3. The van der Waals surface area contributed by atoms with E-state index < -0.39 is 0 Å². The molecule has 0 aliphatic heterocycles. The van der Waals surface area contributed by atoms with Crippen molar-refractivity contribution in [1.29, 1.82) is 0 Å². The van der Waals surface area contributed by atoms with E-state index in [1.54, 1.807) is 11.3 Å². The molecule has 1 aromatic rings. The lowest BCUT2D eigenvalue weighted by atomic mass is 10.2. The Morgan fingerprint density at radius 2 is 2.19 bits per heavy atom. The molecule has 1 rings (SSSR count). The highest BCUT2D eigenvalue weighted by Crippen LogP contribution is 2.20. The van der Waals surface area contributed by atoms with Crippen molar-refractivity contribution in [1.82, 2.24) is 5.32 Å². The summed E-state index contributed by atoms with van der Waals surface area (Å²) in [6, 6.07) is 2.18. The number of hydrogen-bond acceptors (Lipinski definition) is 3. The summed E-state index contributed by atoms with van der Waals surface area (Å²) in [5.74, 6) is 1.98. The lowest BCUT2D eigenvalue weighted by molar-refractivity contribution is 0.640. The van der Waals surface area contributed by atoms with Crippen LogP contribution in [0, 0.1) is 5.92 Å². The molecule has 0 aliphatic rings. The molecule has 0 aliphatic carbocycles. The van der Waals surface area contributed by atoms with Gasteiger partial charge in [0.05, 0.1) is 0 Å². The van der Waals surface area contributed by atoms with Crippen LogP contribution in [0.1, 0.15) is 25.6 Å². The van der Waals surface area contributed by atoms with Gasteiger partial charge in [-0.05, 0) is 27.9 Å². The van der Waals surface area contributed by atoms with Gasteiger partial charge in [0.25, 0.3) is 0 Å². The Bertz CT molecular complexity index is 299. The van der Waals surface area contributed by atoms with Gasteiger partial charge in [0.2, 0.25) is 0 Å². The summed E-state index contributed by atoms with van der Waals surface area (Å²) in [7, 11) is 0. The predicted octanol–water partition coefficient (Wildman–Crippen LogP) is 4.38. The van der Waals surface area contributed by atoms with Gasteiger partial charge in [-0.2, -0.15) is 11.8 Å². The van der Waals surface area contributed by atoms with Gasteiger partial charge in [-0.15, -0.1) is 11.3 Å². The number of rotatable bonds is 7. The van der Waals surface area contributed by atoms with Gasteiger partial charge in [-0.25, -0.2) is 0 Å². The van der Waals surface area contributed by atoms with Gasteiger partial charge in [0, 0.05) is 38.8 Å². The van der Waals surface area contributed by atoms with Crippen LogP contribution in [0.15, 0.2) is 15.9 Å². The molecule has 92 valence electrons. The van der Waals surface area contributed by atoms with Crippen LogP contribution >= 0.6 is 39.0 Å². The van der Waals surface area contributed by atoms with Crippen LogP contribution in [0.5, 0.6) is 0 Å². The monoisotopic (exact) mass is 321 g/mol. The first-order valence-corrected chi connectivity index (χ1v) is 8.37. The molecule has 0 bridgehead atoms. The zero-order valence-corrected chi connectivity index (χ0v) is 13.3. The highest BCUT2D eigenvalue weighted by atomic mass is 79.9. The Balaban J connectivity index is 2.04. The summed E-state index contributed by atoms with van der Waals surface area (Å²) in [6.45, 7) is 8.97. The van der Waals surface area contributed by atoms with E-state index in [-0.39, 0.29) is 0 Å². The molecule has 1 unspecified atom stereocenters. The topological polar surface area (TPSA) is 12.0 Å². The van der Waals surface area contributed by atoms with E-state index in [0.29, 0.717) is 0 Å². The van der Waals surface area contributed by atoms with Gasteiger partial charge in [-0.1, -0.05) is 20.8 Å². The molecule has 0 saturated heterocycles. The van der Waals surface area contributed by atoms with Crippen molar-refractivity contribution >= 4 is 39.0 Å². The number of nitrogens with one attached hydrogen (secondary N) is 1. The minimum absolute atomic E-state index is 0.762. The van der Waals surface area contributed by atoms with Gasteiger partial charge in [0.1, 0.15) is 0 Å². The smallest absolute Gasteiger partial charge is 0.0300 e. The van der Waals surface area contributed by atoms with E-state index in [1.807, 2.05) is 0 Å². The van der Waals surface area contributed by atoms with Crippen molar-refractivity contribution in [3.63, 3.8) is 0 Å². The Kier molecular flexibility index (Phi) is 7.04. The summed E-state index contributed by atoms with van der Waals surface area (Å²) in [6.07, 6.45) is 0. The fraction of sp³-hybridized carbons (Fsp3) is 0.667. The van der Waals surface area contributed by atoms with Crippen LogP contribution in [0.25, 0.3) is 0 Å². The van der Waals surface area contributed by atoms with Gasteiger partial charge in [0.15, 0.2) is 0 Å². The van der Waals surface area contributed by atoms with E-state index in [2.05, 4.69) is 65.2 Å². The summed E-state index contributed by atoms with van der Waals surface area (Å²) in [5.41, 5.74) is 0. The first kappa shape index (κ1) is 14.6. The van der Waals surface area contributed by atoms with Crippen LogP contribution in [-0.4, -0.2) is 17.5 Å². The molecule has 0 saturated carbocycles. The SMILES string of the molecule is CC(C)C(C)SCCNCc1cc(Br)cs1. The fourth-order valence-electron chi connectivity index (χ4n) is 1.17. The third kappa shape index (κ3) is 5.71. The largest absolute Gasteiger partial charge is 0.311 e. The maximum absolute atomic E-state index is 3.48. The normalized spacial score (nSPS) is 13.3. The Morgan fingerprint density at radius 1 is 1.44 bits per heavy atom. The molecule has 16 heavy (non-hydrogen) atoms. The molecule has 1 aromatic heterocycles. The Hall–Kier alpha value is 0.490. The second kappa shape index (κ2) is 7.75. The average molecular weight is 322 g/mol. The summed E-state index contributed by atoms with van der Waals surface area (Å²) >= 11 is 7.33. The van der Waals surface area contributed by atoms with Crippen molar-refractivity contribution in [2.45, 2.75) is 32.6 Å². The molecular weight excluding hydrogens is 302 g/mol. The highest BCUT2D eigenvalue weighted by Gasteiger charge is 2.06. The predicted molar refractivity (Wildman–Crippen MR) is 80.5 cm³/mol. The number of hydrogen-bond donors (Lipinski definition) is 1. The van der Waals surface area contributed by atoms with E-state index >= 15 is 0 Å². The summed E-state index contributed by atoms with van der Waals surface area (Å²) in [5, 5.41) is 6.37. The summed E-state index contributed by atoms with van der Waals surface area (Å²) < 4.78 is 1.19. The fourth-order valence-corrected chi connectivity index (χ4v) is 3.61. The third-order valence-corrected chi connectivity index (χ3v) is 5.73. The molecule has 0 spiro atoms. The first-order chi connectivity index (χ1) is 7.59. The van der Waals surface area contributed by atoms with Crippen molar-refractivity contribution in [3.8, 4) is 0 Å². The van der Waals surface area contributed by atoms with Crippen LogP contribution in [0.2, 0.25) is 0 Å². The summed E-state index contributed by atoms with van der Waals surface area (Å²) in [4.78, 5) is 1.40. The second-order valence-electron chi connectivity index (χ2n) is 4.23. The molecule has 1 heterocycles. The maximum atomic E-state index is 3.48. The van der Waals surface area contributed by atoms with E-state index in [9.17, 15) is 0 Å². The molecule has 1 nitrogen and oxygen atoms in total. The Morgan fingerprint density at radius 3 is 2.75 bits per heavy atom. The van der Waals surface area contributed by atoms with Crippen molar-refractivity contribution in [3.05, 3.63) is 20.8 Å². The average Bonchev–Trinajstić information content (AvgIpc) is 2.63. The molecule has 1 atom stereocenters. The van der Waals surface area contributed by atoms with Crippen LogP contribution in [0.3, 0.4) is 0 Å². The quantitative estimate of drug-likeness (QED) is 0.748. The van der Waals surface area contributed by atoms with Crippen LogP contribution in [-0.2, 0) is 6.54 Å². The van der Waals surface area contributed by atoms with E-state index in [4.69, 9.17) is 0 Å². The van der Waals surface area contributed by atoms with Gasteiger partial charge >= 0.3 is 0 Å². The molecule has 0 radical (unpaired) electrons. The van der Waals surface area contributed by atoms with E-state index in [1.165, 1.54) is 15.1 Å². The lowest BCUT2D eigenvalue weighted by Crippen LogP contribution is -2.18. The second-order valence-corrected chi connectivity index (χ2v) is 7.62. The van der Waals surface area contributed by atoms with Gasteiger partial charge < -0.3 is 5.32 Å². The zero-order valence-electron chi connectivity index (χ0n) is 10.1. The lowest BCUT2D eigenvalue weighted by Gasteiger charge is -2.14. The van der Waals surface area contributed by atoms with Gasteiger partial charge in [-0.3, -0.25) is 0 Å². The Labute approximate surface area is 116 Å². The maximum Gasteiger partial charge on any atom is 0.0300 e. The molecular formula is C12H20BrNS2. The minimum atomic E-state index is 0.762. The molecule has 1 N–H and O–H groups in total. The number of thiophene rings is 1. The first-order valence-electron chi connectivity index (χ1n) is 5.65. The zero-order chi connectivity index (χ0) is 12.0. The molecule has 0 aromatic carbocycles. The highest BCUT2D eigenvalue weighted by molar-refractivity contribution is 9.10. The third-order valence-electron chi connectivity index (χ3n) is 2.52. The van der Waals surface area contributed by atoms with E-state index in [0.717, 1.165) is 24.3 Å². The molecule has 4 heteroatoms. The van der Waals surface area contributed by atoms with Crippen LogP contribution < -0.4 is 5.32 Å². The molecule has 0 amide bonds. The number of halogens is 1. The molecule has 0 fully saturated rings. The van der Waals surface area contributed by atoms with Crippen molar-refractivity contribution in [2.24, 2.45) is 5.92 Å².